The highest BCUT2D eigenvalue weighted by Crippen LogP contribution is 2.38. The average molecular weight is 355 g/mol. The fraction of sp³-hybridized carbons (Fsp3) is 0.300. The van der Waals surface area contributed by atoms with Crippen molar-refractivity contribution >= 4 is 11.8 Å². The zero-order chi connectivity index (χ0) is 18.7. The molecule has 2 amide bonds. The molecule has 0 radical (unpaired) electrons. The van der Waals surface area contributed by atoms with Crippen LogP contribution in [-0.2, 0) is 9.59 Å². The van der Waals surface area contributed by atoms with Crippen molar-refractivity contribution < 1.29 is 24.2 Å². The van der Waals surface area contributed by atoms with Gasteiger partial charge in [-0.2, -0.15) is 0 Å². The predicted octanol–water partition coefficient (Wildman–Crippen LogP) is 2.28. The first-order valence-electron chi connectivity index (χ1n) is 8.34. The number of aliphatic hydroxyl groups is 1. The summed E-state index contributed by atoms with van der Waals surface area (Å²) in [5.41, 5.74) is 1.41. The first-order valence-corrected chi connectivity index (χ1v) is 8.34. The molecule has 1 heterocycles. The summed E-state index contributed by atoms with van der Waals surface area (Å²) in [6, 6.07) is 13.6. The molecule has 3 rings (SSSR count). The molecule has 1 N–H and O–H groups in total. The van der Waals surface area contributed by atoms with Crippen molar-refractivity contribution in [3.05, 3.63) is 59.7 Å². The molecule has 6 heteroatoms. The minimum atomic E-state index is -0.679. The molecule has 136 valence electrons. The highest BCUT2D eigenvalue weighted by Gasteiger charge is 2.43. The number of rotatable bonds is 6. The maximum absolute atomic E-state index is 13.0. The summed E-state index contributed by atoms with van der Waals surface area (Å²) in [7, 11) is 3.06. The van der Waals surface area contributed by atoms with E-state index in [4.69, 9.17) is 9.47 Å². The van der Waals surface area contributed by atoms with E-state index in [9.17, 15) is 14.7 Å². The second-order valence-corrected chi connectivity index (χ2v) is 6.08. The molecular weight excluding hydrogens is 334 g/mol. The van der Waals surface area contributed by atoms with Gasteiger partial charge in [0.1, 0.15) is 0 Å². The van der Waals surface area contributed by atoms with Crippen molar-refractivity contribution in [2.24, 2.45) is 0 Å². The third-order valence-corrected chi connectivity index (χ3v) is 4.66. The van der Waals surface area contributed by atoms with Crippen LogP contribution >= 0.6 is 0 Å². The molecule has 2 atom stereocenters. The molecular formula is C20H21NO5. The van der Waals surface area contributed by atoms with Gasteiger partial charge in [0, 0.05) is 6.42 Å². The quantitative estimate of drug-likeness (QED) is 0.805. The number of hydrogen-bond donors (Lipinski definition) is 1. The normalized spacial score (nSPS) is 18.1. The Balaban J connectivity index is 1.91. The van der Waals surface area contributed by atoms with Crippen molar-refractivity contribution in [3.8, 4) is 11.5 Å². The van der Waals surface area contributed by atoms with Crippen molar-refractivity contribution in [3.63, 3.8) is 0 Å². The fourth-order valence-corrected chi connectivity index (χ4v) is 3.32. The van der Waals surface area contributed by atoms with Crippen molar-refractivity contribution in [2.45, 2.75) is 18.4 Å². The van der Waals surface area contributed by atoms with E-state index < -0.39 is 12.0 Å². The fourth-order valence-electron chi connectivity index (χ4n) is 3.32. The Morgan fingerprint density at radius 1 is 1.08 bits per heavy atom. The molecule has 1 fully saturated rings. The van der Waals surface area contributed by atoms with Crippen LogP contribution in [0.2, 0.25) is 0 Å². The van der Waals surface area contributed by atoms with E-state index in [0.717, 1.165) is 5.56 Å². The molecule has 0 bridgehead atoms. The maximum atomic E-state index is 13.0. The van der Waals surface area contributed by atoms with Gasteiger partial charge in [-0.3, -0.25) is 14.5 Å². The highest BCUT2D eigenvalue weighted by molar-refractivity contribution is 6.06. The van der Waals surface area contributed by atoms with Gasteiger partial charge in [0.05, 0.1) is 32.8 Å². The number of nitrogens with zero attached hydrogens (tertiary/aromatic N) is 1. The highest BCUT2D eigenvalue weighted by atomic mass is 16.5. The topological polar surface area (TPSA) is 76.1 Å². The van der Waals surface area contributed by atoms with E-state index in [0.29, 0.717) is 17.1 Å². The van der Waals surface area contributed by atoms with Gasteiger partial charge < -0.3 is 14.6 Å². The van der Waals surface area contributed by atoms with Gasteiger partial charge in [0.2, 0.25) is 11.8 Å². The van der Waals surface area contributed by atoms with E-state index >= 15 is 0 Å². The third-order valence-electron chi connectivity index (χ3n) is 4.66. The maximum Gasteiger partial charge on any atom is 0.237 e. The van der Waals surface area contributed by atoms with Gasteiger partial charge in [-0.15, -0.1) is 0 Å². The Morgan fingerprint density at radius 3 is 2.38 bits per heavy atom. The number of hydrogen-bond acceptors (Lipinski definition) is 5. The smallest absolute Gasteiger partial charge is 0.237 e. The Kier molecular flexibility index (Phi) is 5.23. The van der Waals surface area contributed by atoms with Crippen LogP contribution < -0.4 is 9.47 Å². The van der Waals surface area contributed by atoms with Gasteiger partial charge in [0.15, 0.2) is 11.5 Å². The number of methoxy groups -OCH3 is 2. The first-order chi connectivity index (χ1) is 12.6. The lowest BCUT2D eigenvalue weighted by Gasteiger charge is -2.25. The Morgan fingerprint density at radius 2 is 1.77 bits per heavy atom. The van der Waals surface area contributed by atoms with Crippen LogP contribution in [0.15, 0.2) is 48.5 Å². The number of likely N-dealkylation sites (tertiary alicyclic amines) is 1. The minimum Gasteiger partial charge on any atom is -0.493 e. The lowest BCUT2D eigenvalue weighted by molar-refractivity contribution is -0.142. The number of aliphatic hydroxyl groups excluding tert-OH is 1. The van der Waals surface area contributed by atoms with Crippen LogP contribution in [-0.4, -0.2) is 42.6 Å². The zero-order valence-corrected chi connectivity index (χ0v) is 14.7. The molecule has 1 saturated heterocycles. The van der Waals surface area contributed by atoms with Crippen LogP contribution in [0.4, 0.5) is 0 Å². The van der Waals surface area contributed by atoms with E-state index in [1.165, 1.54) is 19.1 Å². The van der Waals surface area contributed by atoms with Crippen LogP contribution in [0.3, 0.4) is 0 Å². The largest absolute Gasteiger partial charge is 0.493 e. The molecule has 0 aromatic heterocycles. The van der Waals surface area contributed by atoms with Crippen LogP contribution in [0.5, 0.6) is 11.5 Å². The summed E-state index contributed by atoms with van der Waals surface area (Å²) in [6.07, 6.45) is 0.0671. The minimum absolute atomic E-state index is 0.0671. The van der Waals surface area contributed by atoms with Crippen molar-refractivity contribution in [1.82, 2.24) is 4.90 Å². The molecule has 2 aromatic rings. The Hall–Kier alpha value is -2.86. The molecule has 1 aliphatic rings. The predicted molar refractivity (Wildman–Crippen MR) is 95.0 cm³/mol. The lowest BCUT2D eigenvalue weighted by atomic mass is 9.97. The molecule has 0 aliphatic carbocycles. The van der Waals surface area contributed by atoms with E-state index in [2.05, 4.69) is 0 Å². The Labute approximate surface area is 152 Å². The molecule has 0 spiro atoms. The molecule has 6 nitrogen and oxygen atoms in total. The number of benzene rings is 2. The zero-order valence-electron chi connectivity index (χ0n) is 14.7. The second-order valence-electron chi connectivity index (χ2n) is 6.08. The molecule has 1 aliphatic heterocycles. The summed E-state index contributed by atoms with van der Waals surface area (Å²) in [4.78, 5) is 26.7. The SMILES string of the molecule is COc1ccc(C2CC(=O)N([C@H](CO)c3ccccc3)C2=O)cc1OC. The van der Waals surface area contributed by atoms with Crippen LogP contribution in [0.25, 0.3) is 0 Å². The van der Waals surface area contributed by atoms with E-state index in [-0.39, 0.29) is 24.8 Å². The van der Waals surface area contributed by atoms with Crippen molar-refractivity contribution in [2.75, 3.05) is 20.8 Å². The average Bonchev–Trinajstić information content (AvgIpc) is 2.97. The summed E-state index contributed by atoms with van der Waals surface area (Å²) in [6.45, 7) is -0.319. The van der Waals surface area contributed by atoms with Crippen LogP contribution in [0.1, 0.15) is 29.5 Å². The van der Waals surface area contributed by atoms with Gasteiger partial charge in [0.25, 0.3) is 0 Å². The first kappa shape index (κ1) is 17.9. The molecule has 2 aromatic carbocycles. The molecule has 1 unspecified atom stereocenters. The number of amides is 2. The van der Waals surface area contributed by atoms with Gasteiger partial charge in [-0.25, -0.2) is 0 Å². The second kappa shape index (κ2) is 7.58. The number of carbonyl (C=O) groups excluding carboxylic acids is 2. The van der Waals surface area contributed by atoms with Crippen LogP contribution in [0, 0.1) is 0 Å². The Bertz CT molecular complexity index is 805. The summed E-state index contributed by atoms with van der Waals surface area (Å²) in [5.74, 6) is -0.143. The number of imide groups is 1. The number of ether oxygens (including phenoxy) is 2. The summed E-state index contributed by atoms with van der Waals surface area (Å²) >= 11 is 0. The summed E-state index contributed by atoms with van der Waals surface area (Å²) < 4.78 is 10.5. The van der Waals surface area contributed by atoms with Crippen molar-refractivity contribution in [1.29, 1.82) is 0 Å². The lowest BCUT2D eigenvalue weighted by Crippen LogP contribution is -2.36. The molecule has 26 heavy (non-hydrogen) atoms. The standard InChI is InChI=1S/C20H21NO5/c1-25-17-9-8-14(10-18(17)26-2)15-11-19(23)21(20(15)24)16(12-22)13-6-4-3-5-7-13/h3-10,15-16,22H,11-12H2,1-2H3/t15?,16-/m1/s1. The number of carbonyl (C=O) groups is 2. The van der Waals surface area contributed by atoms with Gasteiger partial charge >= 0.3 is 0 Å². The van der Waals surface area contributed by atoms with E-state index in [1.54, 1.807) is 30.3 Å². The van der Waals surface area contributed by atoms with E-state index in [1.807, 2.05) is 18.2 Å². The van der Waals surface area contributed by atoms with Gasteiger partial charge in [-0.05, 0) is 23.3 Å². The summed E-state index contributed by atoms with van der Waals surface area (Å²) in [5, 5.41) is 9.80. The molecule has 0 saturated carbocycles. The monoisotopic (exact) mass is 355 g/mol. The third kappa shape index (κ3) is 3.15. The van der Waals surface area contributed by atoms with Gasteiger partial charge in [-0.1, -0.05) is 36.4 Å².